The standard InChI is InChI=1S/C13H24N2O3/c1-2-10(8-12(16)17)9-15-13(18)14-7-3-4-11-5-6-11/h10-11H,2-9H2,1H3,(H,16,17)(H2,14,15,18). The summed E-state index contributed by atoms with van der Waals surface area (Å²) in [6.45, 7) is 3.07. The molecule has 0 aliphatic heterocycles. The topological polar surface area (TPSA) is 78.4 Å². The Balaban J connectivity index is 2.01. The third-order valence-electron chi connectivity index (χ3n) is 3.36. The molecule has 0 heterocycles. The van der Waals surface area contributed by atoms with Gasteiger partial charge in [-0.25, -0.2) is 4.79 Å². The molecule has 0 aromatic heterocycles. The Hall–Kier alpha value is -1.26. The molecule has 0 radical (unpaired) electrons. The van der Waals surface area contributed by atoms with E-state index in [2.05, 4.69) is 10.6 Å². The van der Waals surface area contributed by atoms with Crippen molar-refractivity contribution in [3.05, 3.63) is 0 Å². The van der Waals surface area contributed by atoms with Crippen molar-refractivity contribution in [2.45, 2.75) is 45.4 Å². The molecule has 1 aliphatic carbocycles. The van der Waals surface area contributed by atoms with E-state index in [1.54, 1.807) is 0 Å². The number of carboxylic acids is 1. The Morgan fingerprint density at radius 2 is 2.06 bits per heavy atom. The van der Waals surface area contributed by atoms with E-state index in [9.17, 15) is 9.59 Å². The predicted molar refractivity (Wildman–Crippen MR) is 69.4 cm³/mol. The van der Waals surface area contributed by atoms with E-state index in [1.807, 2.05) is 6.92 Å². The fourth-order valence-corrected chi connectivity index (χ4v) is 1.91. The lowest BCUT2D eigenvalue weighted by Crippen LogP contribution is -2.39. The van der Waals surface area contributed by atoms with Gasteiger partial charge in [0.1, 0.15) is 0 Å². The monoisotopic (exact) mass is 256 g/mol. The number of amides is 2. The summed E-state index contributed by atoms with van der Waals surface area (Å²) in [5.41, 5.74) is 0. The van der Waals surface area contributed by atoms with Gasteiger partial charge >= 0.3 is 12.0 Å². The highest BCUT2D eigenvalue weighted by molar-refractivity contribution is 5.74. The Labute approximate surface area is 108 Å². The summed E-state index contributed by atoms with van der Waals surface area (Å²) >= 11 is 0. The molecule has 104 valence electrons. The molecule has 18 heavy (non-hydrogen) atoms. The van der Waals surface area contributed by atoms with Gasteiger partial charge in [-0.3, -0.25) is 4.79 Å². The number of aliphatic carboxylic acids is 1. The quantitative estimate of drug-likeness (QED) is 0.552. The minimum absolute atomic E-state index is 0.0136. The number of carbonyl (C=O) groups excluding carboxylic acids is 1. The Bertz CT molecular complexity index is 277. The van der Waals surface area contributed by atoms with Crippen LogP contribution >= 0.6 is 0 Å². The summed E-state index contributed by atoms with van der Waals surface area (Å²) in [5.74, 6) is 0.100. The number of carboxylic acid groups (broad SMARTS) is 1. The summed E-state index contributed by atoms with van der Waals surface area (Å²) < 4.78 is 0. The van der Waals surface area contributed by atoms with Crippen LogP contribution in [0.5, 0.6) is 0 Å². The van der Waals surface area contributed by atoms with Crippen molar-refractivity contribution in [2.75, 3.05) is 13.1 Å². The second kappa shape index (κ2) is 7.95. The van der Waals surface area contributed by atoms with Gasteiger partial charge in [0.15, 0.2) is 0 Å². The third kappa shape index (κ3) is 7.14. The molecule has 1 atom stereocenters. The van der Waals surface area contributed by atoms with Crippen molar-refractivity contribution in [2.24, 2.45) is 11.8 Å². The SMILES string of the molecule is CCC(CNC(=O)NCCCC1CC1)CC(=O)O. The van der Waals surface area contributed by atoms with Crippen molar-refractivity contribution < 1.29 is 14.7 Å². The van der Waals surface area contributed by atoms with Gasteiger partial charge in [-0.1, -0.05) is 26.2 Å². The number of nitrogens with one attached hydrogen (secondary N) is 2. The average Bonchev–Trinajstić information content (AvgIpc) is 3.13. The van der Waals surface area contributed by atoms with E-state index in [4.69, 9.17) is 5.11 Å². The highest BCUT2D eigenvalue weighted by Crippen LogP contribution is 2.33. The number of rotatable bonds is 9. The van der Waals surface area contributed by atoms with Gasteiger partial charge in [0.2, 0.25) is 0 Å². The molecular formula is C13H24N2O3. The highest BCUT2D eigenvalue weighted by Gasteiger charge is 2.20. The predicted octanol–water partition coefficient (Wildman–Crippen LogP) is 1.98. The Morgan fingerprint density at radius 3 is 2.61 bits per heavy atom. The smallest absolute Gasteiger partial charge is 0.314 e. The summed E-state index contributed by atoms with van der Waals surface area (Å²) in [6.07, 6.45) is 5.80. The molecule has 1 saturated carbocycles. The van der Waals surface area contributed by atoms with E-state index in [-0.39, 0.29) is 18.4 Å². The maximum atomic E-state index is 11.4. The van der Waals surface area contributed by atoms with Crippen LogP contribution in [0.1, 0.15) is 45.4 Å². The minimum atomic E-state index is -0.812. The molecule has 5 heteroatoms. The van der Waals surface area contributed by atoms with Crippen LogP contribution in [0, 0.1) is 11.8 Å². The van der Waals surface area contributed by atoms with E-state index in [0.29, 0.717) is 13.1 Å². The van der Waals surface area contributed by atoms with Crippen molar-refractivity contribution in [3.8, 4) is 0 Å². The molecule has 1 rings (SSSR count). The fraction of sp³-hybridized carbons (Fsp3) is 0.846. The number of urea groups is 1. The second-order valence-electron chi connectivity index (χ2n) is 5.09. The van der Waals surface area contributed by atoms with Crippen LogP contribution < -0.4 is 10.6 Å². The molecule has 0 saturated heterocycles. The molecule has 2 amide bonds. The van der Waals surface area contributed by atoms with Crippen molar-refractivity contribution >= 4 is 12.0 Å². The normalized spacial score (nSPS) is 16.1. The molecular weight excluding hydrogens is 232 g/mol. The van der Waals surface area contributed by atoms with Crippen molar-refractivity contribution in [1.29, 1.82) is 0 Å². The molecule has 5 nitrogen and oxygen atoms in total. The van der Waals surface area contributed by atoms with Crippen LogP contribution in [-0.4, -0.2) is 30.2 Å². The first-order chi connectivity index (χ1) is 8.61. The molecule has 3 N–H and O–H groups in total. The van der Waals surface area contributed by atoms with Gasteiger partial charge in [-0.05, 0) is 24.7 Å². The summed E-state index contributed by atoms with van der Waals surface area (Å²) in [4.78, 5) is 22.0. The van der Waals surface area contributed by atoms with Gasteiger partial charge < -0.3 is 15.7 Å². The maximum absolute atomic E-state index is 11.4. The molecule has 1 aliphatic rings. The fourth-order valence-electron chi connectivity index (χ4n) is 1.91. The van der Waals surface area contributed by atoms with E-state index >= 15 is 0 Å². The van der Waals surface area contributed by atoms with Crippen LogP contribution in [0.3, 0.4) is 0 Å². The van der Waals surface area contributed by atoms with Gasteiger partial charge in [0.25, 0.3) is 0 Å². The molecule has 1 unspecified atom stereocenters. The van der Waals surface area contributed by atoms with E-state index in [0.717, 1.165) is 18.8 Å². The van der Waals surface area contributed by atoms with Gasteiger partial charge in [0, 0.05) is 19.5 Å². The molecule has 0 spiro atoms. The summed E-state index contributed by atoms with van der Waals surface area (Å²) in [5, 5.41) is 14.2. The zero-order valence-corrected chi connectivity index (χ0v) is 11.1. The van der Waals surface area contributed by atoms with Crippen LogP contribution in [0.4, 0.5) is 4.79 Å². The highest BCUT2D eigenvalue weighted by atomic mass is 16.4. The van der Waals surface area contributed by atoms with E-state index < -0.39 is 5.97 Å². The van der Waals surface area contributed by atoms with Gasteiger partial charge in [-0.15, -0.1) is 0 Å². The zero-order chi connectivity index (χ0) is 13.4. The zero-order valence-electron chi connectivity index (χ0n) is 11.1. The molecule has 0 aromatic carbocycles. The minimum Gasteiger partial charge on any atom is -0.481 e. The second-order valence-corrected chi connectivity index (χ2v) is 5.09. The maximum Gasteiger partial charge on any atom is 0.314 e. The lowest BCUT2D eigenvalue weighted by Gasteiger charge is -2.13. The van der Waals surface area contributed by atoms with Gasteiger partial charge in [-0.2, -0.15) is 0 Å². The molecule has 1 fully saturated rings. The number of hydrogen-bond acceptors (Lipinski definition) is 2. The number of hydrogen-bond donors (Lipinski definition) is 3. The number of carbonyl (C=O) groups is 2. The van der Waals surface area contributed by atoms with Crippen LogP contribution in [0.25, 0.3) is 0 Å². The van der Waals surface area contributed by atoms with Crippen molar-refractivity contribution in [3.63, 3.8) is 0 Å². The summed E-state index contributed by atoms with van der Waals surface area (Å²) in [6, 6.07) is -0.186. The van der Waals surface area contributed by atoms with Crippen LogP contribution in [0.2, 0.25) is 0 Å². The molecule has 0 aromatic rings. The lowest BCUT2D eigenvalue weighted by atomic mass is 10.0. The van der Waals surface area contributed by atoms with Crippen molar-refractivity contribution in [1.82, 2.24) is 10.6 Å². The lowest BCUT2D eigenvalue weighted by molar-refractivity contribution is -0.138. The first kappa shape index (κ1) is 14.8. The third-order valence-corrected chi connectivity index (χ3v) is 3.36. The Kier molecular flexibility index (Phi) is 6.54. The van der Waals surface area contributed by atoms with E-state index in [1.165, 1.54) is 19.3 Å². The first-order valence-electron chi connectivity index (χ1n) is 6.85. The first-order valence-corrected chi connectivity index (χ1v) is 6.85. The Morgan fingerprint density at radius 1 is 1.33 bits per heavy atom. The summed E-state index contributed by atoms with van der Waals surface area (Å²) in [7, 11) is 0. The molecule has 0 bridgehead atoms. The van der Waals surface area contributed by atoms with Crippen LogP contribution in [0.15, 0.2) is 0 Å². The average molecular weight is 256 g/mol. The van der Waals surface area contributed by atoms with Gasteiger partial charge in [0.05, 0.1) is 0 Å². The van der Waals surface area contributed by atoms with Crippen LogP contribution in [-0.2, 0) is 4.79 Å². The largest absolute Gasteiger partial charge is 0.481 e.